The van der Waals surface area contributed by atoms with Gasteiger partial charge in [-0.1, -0.05) is 29.8 Å². The van der Waals surface area contributed by atoms with Gasteiger partial charge in [-0.2, -0.15) is 9.97 Å². The Labute approximate surface area is 251 Å². The van der Waals surface area contributed by atoms with E-state index in [0.29, 0.717) is 37.9 Å². The molecule has 2 fully saturated rings. The molecule has 2 aromatic carbocycles. The number of fused-ring (bicyclic) bond motifs is 1. The Kier molecular flexibility index (Phi) is 8.71. The second-order valence-corrected chi connectivity index (χ2v) is 11.3. The molecule has 220 valence electrons. The third-order valence-corrected chi connectivity index (χ3v) is 8.07. The molecule has 9 nitrogen and oxygen atoms in total. The van der Waals surface area contributed by atoms with Crippen molar-refractivity contribution >= 4 is 34.4 Å². The van der Waals surface area contributed by atoms with E-state index in [1.807, 2.05) is 36.4 Å². The van der Waals surface area contributed by atoms with E-state index in [2.05, 4.69) is 47.2 Å². The number of morpholine rings is 2. The second-order valence-electron chi connectivity index (χ2n) is 10.9. The second kappa shape index (κ2) is 12.8. The standard InChI is InChI=1S/C32H37ClN6O3/c1-21-19-39(20-22(2)42-21)32-36-30-26(31(37-32)38-12-14-41-15-13-38)9-10-28(35-30)23-8-11-29(40-3)25(16-23)18-34-17-24-6-4-5-7-27(24)33/h4-11,16,21-22,34H,12-15,17-20H2,1-3H3/t21-,22+. The molecule has 0 unspecified atom stereocenters. The number of hydrogen-bond donors (Lipinski definition) is 1. The lowest BCUT2D eigenvalue weighted by molar-refractivity contribution is -0.00570. The van der Waals surface area contributed by atoms with Gasteiger partial charge in [0.15, 0.2) is 5.65 Å². The van der Waals surface area contributed by atoms with Crippen molar-refractivity contribution in [2.45, 2.75) is 39.1 Å². The van der Waals surface area contributed by atoms with E-state index in [1.54, 1.807) is 7.11 Å². The highest BCUT2D eigenvalue weighted by Gasteiger charge is 2.27. The molecule has 42 heavy (non-hydrogen) atoms. The number of hydrogen-bond acceptors (Lipinski definition) is 9. The summed E-state index contributed by atoms with van der Waals surface area (Å²) in [6.07, 6.45) is 0.201. The molecule has 10 heteroatoms. The van der Waals surface area contributed by atoms with E-state index < -0.39 is 0 Å². The van der Waals surface area contributed by atoms with Crippen LogP contribution >= 0.6 is 11.6 Å². The lowest BCUT2D eigenvalue weighted by Gasteiger charge is -2.36. The molecule has 4 aromatic rings. The maximum atomic E-state index is 6.35. The van der Waals surface area contributed by atoms with Crippen molar-refractivity contribution in [1.82, 2.24) is 20.3 Å². The molecule has 0 bridgehead atoms. The number of aromatic nitrogens is 3. The van der Waals surface area contributed by atoms with E-state index in [0.717, 1.165) is 70.5 Å². The highest BCUT2D eigenvalue weighted by atomic mass is 35.5. The monoisotopic (exact) mass is 588 g/mol. The SMILES string of the molecule is COc1ccc(-c2ccc3c(N4CCOCC4)nc(N4C[C@@H](C)O[C@@H](C)C4)nc3n2)cc1CNCc1ccccc1Cl. The van der Waals surface area contributed by atoms with Crippen LogP contribution in [-0.4, -0.2) is 73.7 Å². The van der Waals surface area contributed by atoms with Gasteiger partial charge in [0.25, 0.3) is 0 Å². The molecule has 2 aliphatic heterocycles. The summed E-state index contributed by atoms with van der Waals surface area (Å²) in [5.41, 5.74) is 4.62. The smallest absolute Gasteiger partial charge is 0.229 e. The van der Waals surface area contributed by atoms with E-state index >= 15 is 0 Å². The molecular formula is C32H37ClN6O3. The van der Waals surface area contributed by atoms with Gasteiger partial charge in [-0.05, 0) is 55.8 Å². The van der Waals surface area contributed by atoms with Crippen molar-refractivity contribution < 1.29 is 14.2 Å². The van der Waals surface area contributed by atoms with Gasteiger partial charge in [-0.3, -0.25) is 0 Å². The van der Waals surface area contributed by atoms with Gasteiger partial charge < -0.3 is 29.3 Å². The summed E-state index contributed by atoms with van der Waals surface area (Å²) in [4.78, 5) is 19.7. The first-order valence-corrected chi connectivity index (χ1v) is 14.9. The summed E-state index contributed by atoms with van der Waals surface area (Å²) in [6.45, 7) is 9.86. The number of ether oxygens (including phenoxy) is 3. The number of pyridine rings is 1. The average Bonchev–Trinajstić information content (AvgIpc) is 3.01. The zero-order valence-corrected chi connectivity index (χ0v) is 25.1. The molecule has 2 aliphatic rings. The van der Waals surface area contributed by atoms with E-state index in [9.17, 15) is 0 Å². The molecule has 0 amide bonds. The Morgan fingerprint density at radius 2 is 1.67 bits per heavy atom. The molecule has 2 atom stereocenters. The van der Waals surface area contributed by atoms with E-state index in [1.165, 1.54) is 0 Å². The number of anilines is 2. The zero-order chi connectivity index (χ0) is 29.1. The van der Waals surface area contributed by atoms with Crippen LogP contribution in [0.2, 0.25) is 5.02 Å². The first kappa shape index (κ1) is 28.6. The maximum Gasteiger partial charge on any atom is 0.229 e. The Morgan fingerprint density at radius 1 is 0.905 bits per heavy atom. The van der Waals surface area contributed by atoms with Crippen molar-refractivity contribution in [1.29, 1.82) is 0 Å². The van der Waals surface area contributed by atoms with Crippen molar-refractivity contribution in [2.24, 2.45) is 0 Å². The fraction of sp³-hybridized carbons (Fsp3) is 0.406. The van der Waals surface area contributed by atoms with Crippen LogP contribution in [-0.2, 0) is 22.6 Å². The number of nitrogens with zero attached hydrogens (tertiary/aromatic N) is 5. The van der Waals surface area contributed by atoms with Gasteiger partial charge in [0.1, 0.15) is 11.6 Å². The van der Waals surface area contributed by atoms with Gasteiger partial charge in [-0.25, -0.2) is 4.98 Å². The molecular weight excluding hydrogens is 552 g/mol. The predicted molar refractivity (Wildman–Crippen MR) is 167 cm³/mol. The van der Waals surface area contributed by atoms with Gasteiger partial charge in [-0.15, -0.1) is 0 Å². The Morgan fingerprint density at radius 3 is 2.43 bits per heavy atom. The molecule has 2 aromatic heterocycles. The number of benzene rings is 2. The Bertz CT molecular complexity index is 1540. The molecule has 2 saturated heterocycles. The van der Waals surface area contributed by atoms with Crippen LogP contribution in [0.1, 0.15) is 25.0 Å². The topological polar surface area (TPSA) is 84.9 Å². The fourth-order valence-electron chi connectivity index (χ4n) is 5.69. The minimum Gasteiger partial charge on any atom is -0.496 e. The van der Waals surface area contributed by atoms with Gasteiger partial charge >= 0.3 is 0 Å². The number of methoxy groups -OCH3 is 1. The van der Waals surface area contributed by atoms with Gasteiger partial charge in [0, 0.05) is 55.4 Å². The summed E-state index contributed by atoms with van der Waals surface area (Å²) < 4.78 is 17.3. The summed E-state index contributed by atoms with van der Waals surface area (Å²) in [6, 6.07) is 18.2. The zero-order valence-electron chi connectivity index (χ0n) is 24.3. The number of halogens is 1. The van der Waals surface area contributed by atoms with E-state index in [-0.39, 0.29) is 12.2 Å². The Hall–Kier alpha value is -3.50. The van der Waals surface area contributed by atoms with Crippen LogP contribution in [0.15, 0.2) is 54.6 Å². The molecule has 0 radical (unpaired) electrons. The molecule has 0 aliphatic carbocycles. The maximum absolute atomic E-state index is 6.35. The molecule has 4 heterocycles. The van der Waals surface area contributed by atoms with Crippen LogP contribution in [0, 0.1) is 0 Å². The van der Waals surface area contributed by atoms with Crippen LogP contribution < -0.4 is 19.9 Å². The summed E-state index contributed by atoms with van der Waals surface area (Å²) >= 11 is 6.35. The van der Waals surface area contributed by atoms with Crippen molar-refractivity contribution in [2.75, 3.05) is 56.3 Å². The van der Waals surface area contributed by atoms with Crippen LogP contribution in [0.5, 0.6) is 5.75 Å². The normalized spacial score (nSPS) is 19.3. The van der Waals surface area contributed by atoms with Crippen LogP contribution in [0.4, 0.5) is 11.8 Å². The van der Waals surface area contributed by atoms with Gasteiger partial charge in [0.05, 0.1) is 43.6 Å². The fourth-order valence-corrected chi connectivity index (χ4v) is 5.89. The minimum absolute atomic E-state index is 0.100. The quantitative estimate of drug-likeness (QED) is 0.302. The lowest BCUT2D eigenvalue weighted by Crippen LogP contribution is -2.46. The summed E-state index contributed by atoms with van der Waals surface area (Å²) in [5.74, 6) is 2.42. The van der Waals surface area contributed by atoms with Crippen molar-refractivity contribution in [3.63, 3.8) is 0 Å². The third kappa shape index (κ3) is 6.29. The number of nitrogens with one attached hydrogen (secondary N) is 1. The first-order chi connectivity index (χ1) is 20.5. The highest BCUT2D eigenvalue weighted by Crippen LogP contribution is 2.31. The average molecular weight is 589 g/mol. The van der Waals surface area contributed by atoms with E-state index in [4.69, 9.17) is 40.8 Å². The number of rotatable bonds is 8. The largest absolute Gasteiger partial charge is 0.496 e. The summed E-state index contributed by atoms with van der Waals surface area (Å²) in [5, 5.41) is 5.19. The Balaban J connectivity index is 1.33. The first-order valence-electron chi connectivity index (χ1n) is 14.5. The third-order valence-electron chi connectivity index (χ3n) is 7.71. The molecule has 6 rings (SSSR count). The predicted octanol–water partition coefficient (Wildman–Crippen LogP) is 5.09. The van der Waals surface area contributed by atoms with Crippen LogP contribution in [0.25, 0.3) is 22.3 Å². The van der Waals surface area contributed by atoms with Crippen molar-refractivity contribution in [3.05, 3.63) is 70.7 Å². The van der Waals surface area contributed by atoms with Gasteiger partial charge in [0.2, 0.25) is 5.95 Å². The summed E-state index contributed by atoms with van der Waals surface area (Å²) in [7, 11) is 1.69. The molecule has 0 spiro atoms. The molecule has 0 saturated carbocycles. The highest BCUT2D eigenvalue weighted by molar-refractivity contribution is 6.31. The molecule has 1 N–H and O–H groups in total. The van der Waals surface area contributed by atoms with Crippen molar-refractivity contribution in [3.8, 4) is 17.0 Å². The lowest BCUT2D eigenvalue weighted by atomic mass is 10.1. The van der Waals surface area contributed by atoms with Crippen LogP contribution in [0.3, 0.4) is 0 Å². The minimum atomic E-state index is 0.100.